The van der Waals surface area contributed by atoms with Gasteiger partial charge in [0.15, 0.2) is 0 Å². The molecule has 0 radical (unpaired) electrons. The molecule has 0 aliphatic heterocycles. The van der Waals surface area contributed by atoms with Crippen LogP contribution in [0.2, 0.25) is 0 Å². The van der Waals surface area contributed by atoms with Gasteiger partial charge in [0, 0.05) is 0 Å². The number of rotatable bonds is 2. The maximum Gasteiger partial charge on any atom is 0.290 e. The number of hydrogen-bond donors (Lipinski definition) is 4. The first kappa shape index (κ1) is 12.1. The normalized spacial score (nSPS) is 14.4. The van der Waals surface area contributed by atoms with Crippen LogP contribution < -0.4 is 5.32 Å². The smallest absolute Gasteiger partial charge is 0.290 e. The van der Waals surface area contributed by atoms with E-state index in [1.165, 1.54) is 0 Å². The Balaban J connectivity index is 0. The van der Waals surface area contributed by atoms with Crippen LogP contribution >= 0.6 is 0 Å². The Hall–Kier alpha value is -0.650. The minimum atomic E-state index is -0.625. The zero-order valence-corrected chi connectivity index (χ0v) is 5.98. The second-order valence-electron chi connectivity index (χ2n) is 1.62. The molecule has 2 atom stereocenters. The summed E-state index contributed by atoms with van der Waals surface area (Å²) in [6.45, 7) is 2.85. The van der Waals surface area contributed by atoms with Gasteiger partial charge in [0.2, 0.25) is 0 Å². The molecule has 10 heavy (non-hydrogen) atoms. The number of carbonyl (C=O) groups is 1. The Morgan fingerprint density at radius 1 is 1.30 bits per heavy atom. The maximum atomic E-state index is 8.45. The molecule has 0 aromatic carbocycles. The van der Waals surface area contributed by atoms with Gasteiger partial charge in [-0.1, -0.05) is 0 Å². The van der Waals surface area contributed by atoms with Gasteiger partial charge in [0.1, 0.15) is 12.5 Å². The highest BCUT2D eigenvalue weighted by atomic mass is 16.3. The number of aliphatic hydroxyl groups is 2. The fraction of sp³-hybridized carbons (Fsp3) is 0.800. The van der Waals surface area contributed by atoms with Crippen molar-refractivity contribution in [3.05, 3.63) is 0 Å². The summed E-state index contributed by atoms with van der Waals surface area (Å²) in [5.41, 5.74) is 0. The maximum absolute atomic E-state index is 8.45. The van der Waals surface area contributed by atoms with Crippen LogP contribution in [0.25, 0.3) is 0 Å². The molecule has 2 unspecified atom stereocenters. The Morgan fingerprint density at radius 3 is 1.50 bits per heavy atom. The second-order valence-corrected chi connectivity index (χ2v) is 1.62. The van der Waals surface area contributed by atoms with Crippen molar-refractivity contribution >= 4 is 6.47 Å². The number of carboxylic acid groups (broad SMARTS) is 1. The summed E-state index contributed by atoms with van der Waals surface area (Å²) in [6.07, 6.45) is -1.25. The van der Waals surface area contributed by atoms with Crippen LogP contribution in [0.4, 0.5) is 0 Å². The highest BCUT2D eigenvalue weighted by molar-refractivity contribution is 5.32. The summed E-state index contributed by atoms with van der Waals surface area (Å²) in [5, 5.41) is 26.2. The van der Waals surface area contributed by atoms with Gasteiger partial charge >= 0.3 is 0 Å². The fourth-order valence-corrected chi connectivity index (χ4v) is 0.349. The van der Waals surface area contributed by atoms with E-state index in [2.05, 4.69) is 5.32 Å². The first-order chi connectivity index (χ1) is 4.54. The van der Waals surface area contributed by atoms with Crippen LogP contribution in [0.15, 0.2) is 0 Å². The van der Waals surface area contributed by atoms with Crippen molar-refractivity contribution in [2.75, 3.05) is 0 Å². The van der Waals surface area contributed by atoms with E-state index in [0.717, 1.165) is 0 Å². The van der Waals surface area contributed by atoms with E-state index in [-0.39, 0.29) is 6.47 Å². The molecule has 0 spiro atoms. The number of nitrogens with one attached hydrogen (secondary N) is 1. The van der Waals surface area contributed by atoms with Crippen molar-refractivity contribution in [3.8, 4) is 0 Å². The summed E-state index contributed by atoms with van der Waals surface area (Å²) in [7, 11) is 0. The molecular weight excluding hydrogens is 138 g/mol. The lowest BCUT2D eigenvalue weighted by molar-refractivity contribution is -0.122. The molecule has 0 amide bonds. The fourth-order valence-electron chi connectivity index (χ4n) is 0.349. The molecule has 0 aromatic heterocycles. The summed E-state index contributed by atoms with van der Waals surface area (Å²) in [5.74, 6) is 0. The second kappa shape index (κ2) is 8.35. The molecule has 0 rings (SSSR count). The van der Waals surface area contributed by atoms with Crippen molar-refractivity contribution in [2.45, 2.75) is 26.3 Å². The van der Waals surface area contributed by atoms with Gasteiger partial charge in [-0.25, -0.2) is 0 Å². The Bertz CT molecular complexity index is 68.0. The zero-order chi connectivity index (χ0) is 8.57. The predicted molar refractivity (Wildman–Crippen MR) is 35.2 cm³/mol. The lowest BCUT2D eigenvalue weighted by Gasteiger charge is -2.08. The van der Waals surface area contributed by atoms with Crippen LogP contribution in [0.1, 0.15) is 13.8 Å². The topological polar surface area (TPSA) is 89.8 Å². The molecule has 5 nitrogen and oxygen atoms in total. The Morgan fingerprint density at radius 2 is 1.50 bits per heavy atom. The third-order valence-electron chi connectivity index (χ3n) is 0.482. The summed E-state index contributed by atoms with van der Waals surface area (Å²) >= 11 is 0. The van der Waals surface area contributed by atoms with Crippen LogP contribution in [-0.4, -0.2) is 34.2 Å². The first-order valence-corrected chi connectivity index (χ1v) is 2.74. The van der Waals surface area contributed by atoms with E-state index >= 15 is 0 Å². The average Bonchev–Trinajstić information content (AvgIpc) is 1.62. The predicted octanol–water partition coefficient (Wildman–Crippen LogP) is -1.05. The zero-order valence-electron chi connectivity index (χ0n) is 5.98. The molecular formula is C5H13NO4. The molecule has 0 bridgehead atoms. The largest absolute Gasteiger partial charge is 0.483 e. The third kappa shape index (κ3) is 26.4. The van der Waals surface area contributed by atoms with Crippen molar-refractivity contribution in [1.29, 1.82) is 0 Å². The highest BCUT2D eigenvalue weighted by Crippen LogP contribution is 1.74. The lowest BCUT2D eigenvalue weighted by Crippen LogP contribution is -2.33. The average molecular weight is 151 g/mol. The van der Waals surface area contributed by atoms with E-state index in [0.29, 0.717) is 0 Å². The van der Waals surface area contributed by atoms with Gasteiger partial charge in [0.25, 0.3) is 6.47 Å². The van der Waals surface area contributed by atoms with Gasteiger partial charge in [-0.3, -0.25) is 10.1 Å². The highest BCUT2D eigenvalue weighted by Gasteiger charge is 1.95. The quantitative estimate of drug-likeness (QED) is 0.299. The van der Waals surface area contributed by atoms with Crippen LogP contribution in [-0.2, 0) is 4.79 Å². The molecule has 0 fully saturated rings. The van der Waals surface area contributed by atoms with Crippen molar-refractivity contribution in [2.24, 2.45) is 0 Å². The van der Waals surface area contributed by atoms with Gasteiger partial charge in [-0.15, -0.1) is 0 Å². The van der Waals surface area contributed by atoms with E-state index in [4.69, 9.17) is 20.1 Å². The molecule has 0 heterocycles. The number of aliphatic hydroxyl groups excluding tert-OH is 2. The third-order valence-corrected chi connectivity index (χ3v) is 0.482. The first-order valence-electron chi connectivity index (χ1n) is 2.74. The van der Waals surface area contributed by atoms with Gasteiger partial charge in [0.05, 0.1) is 0 Å². The van der Waals surface area contributed by atoms with E-state index in [1.807, 2.05) is 0 Å². The van der Waals surface area contributed by atoms with Crippen LogP contribution in [0.3, 0.4) is 0 Å². The van der Waals surface area contributed by atoms with E-state index in [9.17, 15) is 0 Å². The lowest BCUT2D eigenvalue weighted by atomic mass is 10.6. The molecule has 0 aliphatic carbocycles. The number of hydrogen-bond acceptors (Lipinski definition) is 4. The molecule has 62 valence electrons. The Kier molecular flexibility index (Phi) is 10.1. The van der Waals surface area contributed by atoms with Gasteiger partial charge < -0.3 is 15.3 Å². The molecule has 5 heteroatoms. The summed E-state index contributed by atoms with van der Waals surface area (Å²) in [4.78, 5) is 8.36. The molecule has 4 N–H and O–H groups in total. The molecule has 0 aromatic rings. The van der Waals surface area contributed by atoms with Gasteiger partial charge in [-0.2, -0.15) is 0 Å². The monoisotopic (exact) mass is 151 g/mol. The Labute approximate surface area is 59.3 Å². The van der Waals surface area contributed by atoms with Crippen molar-refractivity contribution in [1.82, 2.24) is 5.32 Å². The van der Waals surface area contributed by atoms with E-state index < -0.39 is 12.5 Å². The minimum absolute atomic E-state index is 0.250. The van der Waals surface area contributed by atoms with Crippen LogP contribution in [0.5, 0.6) is 0 Å². The van der Waals surface area contributed by atoms with Crippen LogP contribution in [0, 0.1) is 0 Å². The molecule has 0 saturated heterocycles. The van der Waals surface area contributed by atoms with Gasteiger partial charge in [-0.05, 0) is 13.8 Å². The molecule has 0 aliphatic rings. The van der Waals surface area contributed by atoms with Crippen molar-refractivity contribution in [3.63, 3.8) is 0 Å². The summed E-state index contributed by atoms with van der Waals surface area (Å²) in [6, 6.07) is 0. The summed E-state index contributed by atoms with van der Waals surface area (Å²) < 4.78 is 0. The molecule has 0 saturated carbocycles. The minimum Gasteiger partial charge on any atom is -0.483 e. The van der Waals surface area contributed by atoms with Crippen molar-refractivity contribution < 1.29 is 20.1 Å². The standard InChI is InChI=1S/C4H11NO2.CH2O2/c1-3(6)5-4(2)7;2-1-3/h3-7H,1-2H3;1H,(H,2,3). The SMILES string of the molecule is CC(O)NC(C)O.O=CO. The van der Waals surface area contributed by atoms with E-state index in [1.54, 1.807) is 13.8 Å².